The summed E-state index contributed by atoms with van der Waals surface area (Å²) >= 11 is 1.44. The van der Waals surface area contributed by atoms with Gasteiger partial charge in [-0.3, -0.25) is 4.79 Å². The van der Waals surface area contributed by atoms with Crippen molar-refractivity contribution in [2.45, 2.75) is 33.6 Å². The number of anilines is 1. The number of aromatic nitrogens is 1. The molecule has 0 unspecified atom stereocenters. The van der Waals surface area contributed by atoms with Gasteiger partial charge in [0.1, 0.15) is 9.88 Å². The van der Waals surface area contributed by atoms with E-state index in [-0.39, 0.29) is 5.91 Å². The summed E-state index contributed by atoms with van der Waals surface area (Å²) in [5, 5.41) is 4.01. The highest BCUT2D eigenvalue weighted by molar-refractivity contribution is 7.17. The minimum absolute atomic E-state index is 0.0761. The Balaban J connectivity index is 1.92. The lowest BCUT2D eigenvalue weighted by molar-refractivity contribution is 0.102. The fourth-order valence-corrected chi connectivity index (χ4v) is 3.85. The number of amides is 1. The molecule has 0 bridgehead atoms. The predicted molar refractivity (Wildman–Crippen MR) is 105 cm³/mol. The van der Waals surface area contributed by atoms with E-state index in [4.69, 9.17) is 0 Å². The van der Waals surface area contributed by atoms with Crippen LogP contribution in [0.25, 0.3) is 10.6 Å². The fraction of sp³-hybridized carbons (Fsp3) is 0.238. The highest BCUT2D eigenvalue weighted by Crippen LogP contribution is 2.29. The number of carbonyl (C=O) groups excluding carboxylic acids is 1. The molecule has 2 aromatic carbocycles. The smallest absolute Gasteiger partial charge is 0.267 e. The van der Waals surface area contributed by atoms with Gasteiger partial charge in [0.2, 0.25) is 0 Å². The molecule has 128 valence electrons. The number of nitrogens with one attached hydrogen (secondary N) is 1. The summed E-state index contributed by atoms with van der Waals surface area (Å²) in [6, 6.07) is 16.2. The zero-order chi connectivity index (χ0) is 17.8. The summed E-state index contributed by atoms with van der Waals surface area (Å²) in [6.45, 7) is 6.11. The molecule has 0 aliphatic carbocycles. The second-order valence-corrected chi connectivity index (χ2v) is 6.91. The first-order valence-electron chi connectivity index (χ1n) is 8.59. The van der Waals surface area contributed by atoms with E-state index < -0.39 is 0 Å². The normalized spacial score (nSPS) is 10.7. The van der Waals surface area contributed by atoms with Crippen LogP contribution in [0.5, 0.6) is 0 Å². The standard InChI is InChI=1S/C21H22N2OS/c1-4-15-12-9-13-16(5-2)18(15)23-20(24)19-14(3)22-21(25-19)17-10-7-6-8-11-17/h6-13H,4-5H2,1-3H3,(H,23,24). The molecule has 4 heteroatoms. The van der Waals surface area contributed by atoms with Gasteiger partial charge in [-0.1, -0.05) is 62.4 Å². The molecule has 1 N–H and O–H groups in total. The second kappa shape index (κ2) is 7.62. The van der Waals surface area contributed by atoms with Crippen LogP contribution in [-0.2, 0) is 12.8 Å². The largest absolute Gasteiger partial charge is 0.321 e. The Morgan fingerprint density at radius 2 is 1.64 bits per heavy atom. The molecule has 3 aromatic rings. The van der Waals surface area contributed by atoms with Gasteiger partial charge in [-0.05, 0) is 30.9 Å². The molecule has 0 fully saturated rings. The van der Waals surface area contributed by atoms with E-state index in [2.05, 4.69) is 42.3 Å². The number of nitrogens with zero attached hydrogens (tertiary/aromatic N) is 1. The van der Waals surface area contributed by atoms with Crippen molar-refractivity contribution in [3.05, 3.63) is 70.2 Å². The molecule has 0 spiro atoms. The van der Waals surface area contributed by atoms with E-state index in [0.29, 0.717) is 4.88 Å². The maximum atomic E-state index is 12.9. The van der Waals surface area contributed by atoms with Crippen molar-refractivity contribution in [2.75, 3.05) is 5.32 Å². The average molecular weight is 350 g/mol. The number of para-hydroxylation sites is 1. The van der Waals surface area contributed by atoms with Crippen LogP contribution >= 0.6 is 11.3 Å². The Kier molecular flexibility index (Phi) is 5.29. The summed E-state index contributed by atoms with van der Waals surface area (Å²) in [4.78, 5) is 18.1. The third kappa shape index (κ3) is 3.64. The van der Waals surface area contributed by atoms with Gasteiger partial charge in [-0.25, -0.2) is 4.98 Å². The van der Waals surface area contributed by atoms with Gasteiger partial charge in [0.25, 0.3) is 5.91 Å². The minimum Gasteiger partial charge on any atom is -0.321 e. The van der Waals surface area contributed by atoms with Crippen LogP contribution in [0.1, 0.15) is 40.3 Å². The molecular formula is C21H22N2OS. The third-order valence-electron chi connectivity index (χ3n) is 4.26. The average Bonchev–Trinajstić information content (AvgIpc) is 3.04. The summed E-state index contributed by atoms with van der Waals surface area (Å²) in [7, 11) is 0. The van der Waals surface area contributed by atoms with Gasteiger partial charge >= 0.3 is 0 Å². The lowest BCUT2D eigenvalue weighted by Crippen LogP contribution is -2.14. The van der Waals surface area contributed by atoms with Crippen LogP contribution in [-0.4, -0.2) is 10.9 Å². The Bertz CT molecular complexity index is 862. The van der Waals surface area contributed by atoms with Gasteiger partial charge in [-0.15, -0.1) is 11.3 Å². The zero-order valence-electron chi connectivity index (χ0n) is 14.8. The molecule has 0 atom stereocenters. The van der Waals surface area contributed by atoms with Crippen LogP contribution in [0.2, 0.25) is 0 Å². The van der Waals surface area contributed by atoms with Crippen molar-refractivity contribution in [3.63, 3.8) is 0 Å². The molecule has 25 heavy (non-hydrogen) atoms. The first kappa shape index (κ1) is 17.4. The van der Waals surface area contributed by atoms with Crippen molar-refractivity contribution in [2.24, 2.45) is 0 Å². The highest BCUT2D eigenvalue weighted by atomic mass is 32.1. The van der Waals surface area contributed by atoms with E-state index in [1.54, 1.807) is 0 Å². The fourth-order valence-electron chi connectivity index (χ4n) is 2.88. The monoisotopic (exact) mass is 350 g/mol. The van der Waals surface area contributed by atoms with Crippen molar-refractivity contribution in [1.82, 2.24) is 4.98 Å². The molecule has 1 aromatic heterocycles. The Labute approximate surface area is 152 Å². The summed E-state index contributed by atoms with van der Waals surface area (Å²) < 4.78 is 0. The SMILES string of the molecule is CCc1cccc(CC)c1NC(=O)c1sc(-c2ccccc2)nc1C. The molecule has 0 aliphatic rings. The van der Waals surface area contributed by atoms with E-state index >= 15 is 0 Å². The summed E-state index contributed by atoms with van der Waals surface area (Å²) in [5.74, 6) is -0.0761. The minimum atomic E-state index is -0.0761. The summed E-state index contributed by atoms with van der Waals surface area (Å²) in [6.07, 6.45) is 1.78. The molecule has 0 aliphatic heterocycles. The molecule has 3 rings (SSSR count). The maximum absolute atomic E-state index is 12.9. The van der Waals surface area contributed by atoms with Gasteiger partial charge in [-0.2, -0.15) is 0 Å². The first-order valence-corrected chi connectivity index (χ1v) is 9.40. The highest BCUT2D eigenvalue weighted by Gasteiger charge is 2.18. The number of carbonyl (C=O) groups is 1. The van der Waals surface area contributed by atoms with Crippen molar-refractivity contribution in [1.29, 1.82) is 0 Å². The Hall–Kier alpha value is -2.46. The lowest BCUT2D eigenvalue weighted by atomic mass is 10.0. The van der Waals surface area contributed by atoms with E-state index in [1.807, 2.05) is 37.3 Å². The first-order chi connectivity index (χ1) is 12.1. The van der Waals surface area contributed by atoms with Gasteiger partial charge in [0.05, 0.1) is 5.69 Å². The third-order valence-corrected chi connectivity index (χ3v) is 5.47. The molecule has 0 saturated heterocycles. The quantitative estimate of drug-likeness (QED) is 0.660. The molecule has 0 radical (unpaired) electrons. The lowest BCUT2D eigenvalue weighted by Gasteiger charge is -2.14. The van der Waals surface area contributed by atoms with E-state index in [9.17, 15) is 4.79 Å². The molecule has 3 nitrogen and oxygen atoms in total. The van der Waals surface area contributed by atoms with Crippen LogP contribution < -0.4 is 5.32 Å². The number of benzene rings is 2. The second-order valence-electron chi connectivity index (χ2n) is 5.91. The zero-order valence-corrected chi connectivity index (χ0v) is 15.6. The van der Waals surface area contributed by atoms with E-state index in [1.165, 1.54) is 11.3 Å². The molecule has 1 heterocycles. The Morgan fingerprint density at radius 3 is 2.24 bits per heavy atom. The van der Waals surface area contributed by atoms with E-state index in [0.717, 1.165) is 45.9 Å². The van der Waals surface area contributed by atoms with Crippen molar-refractivity contribution in [3.8, 4) is 10.6 Å². The van der Waals surface area contributed by atoms with Gasteiger partial charge in [0, 0.05) is 11.3 Å². The van der Waals surface area contributed by atoms with Gasteiger partial charge in [0.15, 0.2) is 0 Å². The maximum Gasteiger partial charge on any atom is 0.267 e. The molecule has 1 amide bonds. The number of aryl methyl sites for hydroxylation is 3. The number of rotatable bonds is 5. The molecule has 0 saturated carbocycles. The predicted octanol–water partition coefficient (Wildman–Crippen LogP) is 5.50. The Morgan fingerprint density at radius 1 is 1.00 bits per heavy atom. The molecular weight excluding hydrogens is 328 g/mol. The van der Waals surface area contributed by atoms with Crippen LogP contribution in [0.15, 0.2) is 48.5 Å². The number of hydrogen-bond acceptors (Lipinski definition) is 3. The number of thiazole rings is 1. The van der Waals surface area contributed by atoms with Crippen LogP contribution in [0, 0.1) is 6.92 Å². The number of hydrogen-bond donors (Lipinski definition) is 1. The van der Waals surface area contributed by atoms with Crippen molar-refractivity contribution < 1.29 is 4.79 Å². The van der Waals surface area contributed by atoms with Crippen LogP contribution in [0.4, 0.5) is 5.69 Å². The summed E-state index contributed by atoms with van der Waals surface area (Å²) in [5.41, 5.74) is 5.09. The topological polar surface area (TPSA) is 42.0 Å². The van der Waals surface area contributed by atoms with Gasteiger partial charge < -0.3 is 5.32 Å². The van der Waals surface area contributed by atoms with Crippen molar-refractivity contribution >= 4 is 22.9 Å². The van der Waals surface area contributed by atoms with Crippen LogP contribution in [0.3, 0.4) is 0 Å².